The molecule has 4 unspecified atom stereocenters. The van der Waals surface area contributed by atoms with E-state index in [4.69, 9.17) is 0 Å². The predicted molar refractivity (Wildman–Crippen MR) is 85.0 cm³/mol. The Balaban J connectivity index is 1.49. The van der Waals surface area contributed by atoms with Crippen molar-refractivity contribution in [2.75, 3.05) is 19.6 Å². The van der Waals surface area contributed by atoms with Gasteiger partial charge in [0.05, 0.1) is 6.54 Å². The van der Waals surface area contributed by atoms with E-state index in [1.54, 1.807) is 0 Å². The Morgan fingerprint density at radius 3 is 3.14 bits per heavy atom. The minimum Gasteiger partial charge on any atom is -0.330 e. The molecule has 1 amide bonds. The van der Waals surface area contributed by atoms with Gasteiger partial charge in [-0.05, 0) is 31.2 Å². The second-order valence-corrected chi connectivity index (χ2v) is 7.30. The fraction of sp³-hybridized carbons (Fsp3) is 0.556. The summed E-state index contributed by atoms with van der Waals surface area (Å²) in [5.41, 5.74) is 4.22. The summed E-state index contributed by atoms with van der Waals surface area (Å²) in [4.78, 5) is 22.5. The summed E-state index contributed by atoms with van der Waals surface area (Å²) in [6.45, 7) is 6.16. The smallest absolute Gasteiger partial charge is 0.273 e. The zero-order valence-corrected chi connectivity index (χ0v) is 13.0. The Kier molecular flexibility index (Phi) is 2.57. The van der Waals surface area contributed by atoms with Crippen LogP contribution in [0.25, 0.3) is 0 Å². The number of hydrogen-bond acceptors (Lipinski definition) is 3. The normalized spacial score (nSPS) is 34.8. The van der Waals surface area contributed by atoms with Crippen LogP contribution < -0.4 is 0 Å². The van der Waals surface area contributed by atoms with Gasteiger partial charge in [0, 0.05) is 37.3 Å². The molecule has 0 N–H and O–H groups in total. The van der Waals surface area contributed by atoms with Gasteiger partial charge in [-0.2, -0.15) is 0 Å². The molecule has 3 saturated heterocycles. The lowest BCUT2D eigenvalue weighted by Gasteiger charge is -2.35. The van der Waals surface area contributed by atoms with Gasteiger partial charge < -0.3 is 9.80 Å². The van der Waals surface area contributed by atoms with Gasteiger partial charge in [0.25, 0.3) is 5.91 Å². The molecule has 4 aliphatic rings. The highest BCUT2D eigenvalue weighted by atomic mass is 16.2. The lowest BCUT2D eigenvalue weighted by molar-refractivity contribution is -0.126. The number of carbonyl (C=O) groups excluding carboxylic acids is 1. The van der Waals surface area contributed by atoms with Crippen LogP contribution in [0.4, 0.5) is 0 Å². The summed E-state index contributed by atoms with van der Waals surface area (Å²) in [5.74, 6) is 0.875. The largest absolute Gasteiger partial charge is 0.330 e. The Bertz CT molecular complexity index is 696. The van der Waals surface area contributed by atoms with Crippen LogP contribution in [0.2, 0.25) is 0 Å². The molecule has 3 bridgehead atoms. The molecule has 4 heteroatoms. The number of rotatable bonds is 1. The number of likely N-dealkylation sites (tertiary alicyclic amines) is 1. The fourth-order valence-electron chi connectivity index (χ4n) is 5.01. The number of aryl methyl sites for hydroxylation is 1. The third kappa shape index (κ3) is 1.67. The number of nitrogens with zero attached hydrogens (tertiary/aromatic N) is 3. The first-order valence-corrected chi connectivity index (χ1v) is 8.40. The van der Waals surface area contributed by atoms with Crippen molar-refractivity contribution in [2.24, 2.45) is 10.9 Å². The zero-order chi connectivity index (χ0) is 14.8. The Morgan fingerprint density at radius 2 is 2.23 bits per heavy atom. The Hall–Kier alpha value is -1.68. The standard InChI is InChI=1S/C18H21N3O/c1-11-2-3-15-12(6-11)8-19-17(15)18(22)21-14-7-13-9-20(10-14)5-4-16(13)21/h2-3,6,13-14,16H,4-5,7-10H2,1H3. The number of piperidine rings is 2. The summed E-state index contributed by atoms with van der Waals surface area (Å²) in [5, 5.41) is 0. The highest BCUT2D eigenvalue weighted by molar-refractivity contribution is 6.46. The van der Waals surface area contributed by atoms with Gasteiger partial charge in [-0.15, -0.1) is 0 Å². The monoisotopic (exact) mass is 295 g/mol. The average molecular weight is 295 g/mol. The van der Waals surface area contributed by atoms with Gasteiger partial charge >= 0.3 is 0 Å². The van der Waals surface area contributed by atoms with Crippen LogP contribution in [0.15, 0.2) is 23.2 Å². The van der Waals surface area contributed by atoms with Crippen LogP contribution in [0, 0.1) is 12.8 Å². The van der Waals surface area contributed by atoms with E-state index in [2.05, 4.69) is 39.9 Å². The van der Waals surface area contributed by atoms with Gasteiger partial charge in [0.2, 0.25) is 0 Å². The summed E-state index contributed by atoms with van der Waals surface area (Å²) in [6.07, 6.45) is 2.34. The number of hydrogen-bond donors (Lipinski definition) is 0. The molecule has 0 spiro atoms. The number of aliphatic imine (C=N–C) groups is 1. The SMILES string of the molecule is Cc1ccc2c(c1)CN=C2C(=O)N1C2CC3CN(CCC31)C2. The first-order valence-electron chi connectivity index (χ1n) is 8.40. The molecule has 4 nitrogen and oxygen atoms in total. The van der Waals surface area contributed by atoms with Gasteiger partial charge in [0.1, 0.15) is 5.71 Å². The van der Waals surface area contributed by atoms with Crippen LogP contribution in [0.1, 0.15) is 29.5 Å². The summed E-state index contributed by atoms with van der Waals surface area (Å²) >= 11 is 0. The Morgan fingerprint density at radius 1 is 1.32 bits per heavy atom. The third-order valence-electron chi connectivity index (χ3n) is 5.93. The van der Waals surface area contributed by atoms with Crippen LogP contribution in [-0.4, -0.2) is 53.1 Å². The van der Waals surface area contributed by atoms with Gasteiger partial charge in [-0.25, -0.2) is 0 Å². The minimum absolute atomic E-state index is 0.184. The zero-order valence-electron chi connectivity index (χ0n) is 13.0. The average Bonchev–Trinajstić information content (AvgIpc) is 2.98. The first-order chi connectivity index (χ1) is 10.7. The summed E-state index contributed by atoms with van der Waals surface area (Å²) < 4.78 is 0. The molecule has 0 aliphatic carbocycles. The molecule has 0 saturated carbocycles. The van der Waals surface area contributed by atoms with E-state index in [0.717, 1.165) is 25.1 Å². The van der Waals surface area contributed by atoms with Crippen LogP contribution >= 0.6 is 0 Å². The molecule has 4 atom stereocenters. The molecular weight excluding hydrogens is 274 g/mol. The highest BCUT2D eigenvalue weighted by Gasteiger charge is 2.51. The predicted octanol–water partition coefficient (Wildman–Crippen LogP) is 1.60. The molecule has 5 rings (SSSR count). The highest BCUT2D eigenvalue weighted by Crippen LogP contribution is 2.41. The molecule has 1 aromatic carbocycles. The first kappa shape index (κ1) is 12.8. The summed E-state index contributed by atoms with van der Waals surface area (Å²) in [7, 11) is 0. The third-order valence-corrected chi connectivity index (χ3v) is 5.93. The van der Waals surface area contributed by atoms with E-state index in [9.17, 15) is 4.79 Å². The van der Waals surface area contributed by atoms with Crippen LogP contribution in [0.5, 0.6) is 0 Å². The van der Waals surface area contributed by atoms with E-state index < -0.39 is 0 Å². The van der Waals surface area contributed by atoms with E-state index in [-0.39, 0.29) is 5.91 Å². The fourth-order valence-corrected chi connectivity index (χ4v) is 5.01. The molecule has 4 aliphatic heterocycles. The van der Waals surface area contributed by atoms with Crippen molar-refractivity contribution < 1.29 is 4.79 Å². The van der Waals surface area contributed by atoms with Gasteiger partial charge in [-0.3, -0.25) is 9.79 Å². The van der Waals surface area contributed by atoms with Crippen molar-refractivity contribution in [3.63, 3.8) is 0 Å². The maximum atomic E-state index is 13.2. The summed E-state index contributed by atoms with van der Waals surface area (Å²) in [6, 6.07) is 7.20. The second kappa shape index (κ2) is 4.42. The molecule has 22 heavy (non-hydrogen) atoms. The van der Waals surface area contributed by atoms with E-state index >= 15 is 0 Å². The number of fused-ring (bicyclic) bond motifs is 3. The molecule has 0 radical (unpaired) electrons. The van der Waals surface area contributed by atoms with Gasteiger partial charge in [0.15, 0.2) is 0 Å². The van der Waals surface area contributed by atoms with Gasteiger partial charge in [-0.1, -0.05) is 23.8 Å². The van der Waals surface area contributed by atoms with Crippen molar-refractivity contribution in [1.29, 1.82) is 0 Å². The maximum Gasteiger partial charge on any atom is 0.273 e. The van der Waals surface area contributed by atoms with E-state index in [0.29, 0.717) is 30.3 Å². The molecular formula is C18H21N3O. The molecule has 3 fully saturated rings. The van der Waals surface area contributed by atoms with Crippen LogP contribution in [0.3, 0.4) is 0 Å². The van der Waals surface area contributed by atoms with E-state index in [1.807, 2.05) is 0 Å². The van der Waals surface area contributed by atoms with Crippen molar-refractivity contribution in [1.82, 2.24) is 9.80 Å². The second-order valence-electron chi connectivity index (χ2n) is 7.30. The van der Waals surface area contributed by atoms with Crippen molar-refractivity contribution >= 4 is 11.6 Å². The molecule has 0 aromatic heterocycles. The molecule has 114 valence electrons. The lowest BCUT2D eigenvalue weighted by atomic mass is 9.89. The number of carbonyl (C=O) groups is 1. The minimum atomic E-state index is 0.184. The van der Waals surface area contributed by atoms with E-state index in [1.165, 1.54) is 24.1 Å². The topological polar surface area (TPSA) is 35.9 Å². The van der Waals surface area contributed by atoms with Crippen molar-refractivity contribution in [3.05, 3.63) is 34.9 Å². The number of amides is 1. The van der Waals surface area contributed by atoms with Crippen molar-refractivity contribution in [2.45, 2.75) is 38.4 Å². The Labute approximate surface area is 130 Å². The molecule has 4 heterocycles. The maximum absolute atomic E-state index is 13.2. The number of benzene rings is 1. The molecule has 1 aromatic rings. The van der Waals surface area contributed by atoms with Crippen molar-refractivity contribution in [3.8, 4) is 0 Å². The quantitative estimate of drug-likeness (QED) is 0.789. The lowest BCUT2D eigenvalue weighted by Crippen LogP contribution is -2.45. The van der Waals surface area contributed by atoms with Crippen LogP contribution in [-0.2, 0) is 11.3 Å².